The molecule has 20 heavy (non-hydrogen) atoms. The van der Waals surface area contributed by atoms with Crippen LogP contribution in [-0.4, -0.2) is 6.03 Å². The minimum Gasteiger partial charge on any atom is -0.324 e. The van der Waals surface area contributed by atoms with Crippen molar-refractivity contribution in [3.8, 4) is 0 Å². The Bertz CT molecular complexity index is 591. The van der Waals surface area contributed by atoms with Gasteiger partial charge in [-0.3, -0.25) is 0 Å². The Morgan fingerprint density at radius 2 is 1.70 bits per heavy atom. The van der Waals surface area contributed by atoms with E-state index in [4.69, 9.17) is 5.73 Å². The third-order valence-corrected chi connectivity index (χ3v) is 3.09. The number of para-hydroxylation sites is 1. The van der Waals surface area contributed by atoms with Crippen molar-refractivity contribution in [3.05, 3.63) is 59.7 Å². The van der Waals surface area contributed by atoms with Gasteiger partial charge in [-0.25, -0.2) is 4.79 Å². The third-order valence-electron chi connectivity index (χ3n) is 3.09. The largest absolute Gasteiger partial charge is 0.324 e. The average molecular weight is 269 g/mol. The smallest absolute Gasteiger partial charge is 0.323 e. The number of anilines is 2. The van der Waals surface area contributed by atoms with Gasteiger partial charge in [0.05, 0.1) is 0 Å². The first-order valence-electron chi connectivity index (χ1n) is 6.55. The van der Waals surface area contributed by atoms with Crippen molar-refractivity contribution in [2.75, 3.05) is 10.6 Å². The summed E-state index contributed by atoms with van der Waals surface area (Å²) in [5.41, 5.74) is 9.38. The Hall–Kier alpha value is -2.33. The highest BCUT2D eigenvalue weighted by Crippen LogP contribution is 2.16. The molecule has 0 heterocycles. The first-order valence-corrected chi connectivity index (χ1v) is 6.55. The fraction of sp³-hybridized carbons (Fsp3) is 0.188. The van der Waals surface area contributed by atoms with E-state index in [0.29, 0.717) is 0 Å². The van der Waals surface area contributed by atoms with Crippen LogP contribution in [-0.2, 0) is 0 Å². The molecule has 1 atom stereocenters. The number of amides is 2. The van der Waals surface area contributed by atoms with Crippen LogP contribution in [0.3, 0.4) is 0 Å². The first-order chi connectivity index (χ1) is 9.56. The van der Waals surface area contributed by atoms with E-state index in [2.05, 4.69) is 10.6 Å². The average Bonchev–Trinajstić information content (AvgIpc) is 2.42. The van der Waals surface area contributed by atoms with Crippen LogP contribution in [0.4, 0.5) is 16.2 Å². The van der Waals surface area contributed by atoms with Gasteiger partial charge in [-0.15, -0.1) is 0 Å². The number of rotatable bonds is 3. The van der Waals surface area contributed by atoms with Crippen LogP contribution >= 0.6 is 0 Å². The van der Waals surface area contributed by atoms with E-state index >= 15 is 0 Å². The SMILES string of the molecule is Cc1ccccc1NC(=O)Nc1ccc(C(C)N)cc1. The zero-order valence-corrected chi connectivity index (χ0v) is 11.7. The molecular formula is C16H19N3O. The van der Waals surface area contributed by atoms with Crippen molar-refractivity contribution in [1.29, 1.82) is 0 Å². The highest BCUT2D eigenvalue weighted by atomic mass is 16.2. The fourth-order valence-electron chi connectivity index (χ4n) is 1.87. The lowest BCUT2D eigenvalue weighted by Crippen LogP contribution is -2.20. The number of nitrogens with two attached hydrogens (primary N) is 1. The molecule has 0 aliphatic carbocycles. The van der Waals surface area contributed by atoms with Crippen molar-refractivity contribution in [1.82, 2.24) is 0 Å². The van der Waals surface area contributed by atoms with Gasteiger partial charge in [0.2, 0.25) is 0 Å². The summed E-state index contributed by atoms with van der Waals surface area (Å²) in [6.07, 6.45) is 0. The summed E-state index contributed by atoms with van der Waals surface area (Å²) in [4.78, 5) is 11.9. The van der Waals surface area contributed by atoms with Crippen LogP contribution < -0.4 is 16.4 Å². The van der Waals surface area contributed by atoms with Crippen LogP contribution in [0.2, 0.25) is 0 Å². The number of nitrogens with one attached hydrogen (secondary N) is 2. The highest BCUT2D eigenvalue weighted by Gasteiger charge is 2.05. The summed E-state index contributed by atoms with van der Waals surface area (Å²) >= 11 is 0. The van der Waals surface area contributed by atoms with Crippen LogP contribution in [0.25, 0.3) is 0 Å². The number of benzene rings is 2. The fourth-order valence-corrected chi connectivity index (χ4v) is 1.87. The first kappa shape index (κ1) is 14.1. The van der Waals surface area contributed by atoms with Gasteiger partial charge in [0, 0.05) is 17.4 Å². The standard InChI is InChI=1S/C16H19N3O/c1-11-5-3-4-6-15(11)19-16(20)18-14-9-7-13(8-10-14)12(2)17/h3-10,12H,17H2,1-2H3,(H2,18,19,20). The van der Waals surface area contributed by atoms with Crippen LogP contribution in [0, 0.1) is 6.92 Å². The predicted octanol–water partition coefficient (Wildman–Crippen LogP) is 3.66. The van der Waals surface area contributed by atoms with Gasteiger partial charge in [0.15, 0.2) is 0 Å². The number of carbonyl (C=O) groups is 1. The molecule has 1 unspecified atom stereocenters. The lowest BCUT2D eigenvalue weighted by Gasteiger charge is -2.11. The van der Waals surface area contributed by atoms with E-state index in [1.54, 1.807) is 0 Å². The molecule has 0 aliphatic heterocycles. The monoisotopic (exact) mass is 269 g/mol. The number of urea groups is 1. The quantitative estimate of drug-likeness (QED) is 0.796. The van der Waals surface area contributed by atoms with E-state index in [1.807, 2.05) is 62.4 Å². The normalized spacial score (nSPS) is 11.8. The van der Waals surface area contributed by atoms with Crippen molar-refractivity contribution in [3.63, 3.8) is 0 Å². The summed E-state index contributed by atoms with van der Waals surface area (Å²) in [5, 5.41) is 5.61. The van der Waals surface area contributed by atoms with Gasteiger partial charge in [-0.2, -0.15) is 0 Å². The Kier molecular flexibility index (Phi) is 4.38. The maximum atomic E-state index is 11.9. The maximum Gasteiger partial charge on any atom is 0.323 e. The molecule has 0 fully saturated rings. The minimum atomic E-state index is -0.257. The molecule has 4 nitrogen and oxygen atoms in total. The molecule has 0 saturated carbocycles. The molecule has 2 aromatic rings. The molecule has 0 radical (unpaired) electrons. The van der Waals surface area contributed by atoms with Crippen molar-refractivity contribution in [2.45, 2.75) is 19.9 Å². The van der Waals surface area contributed by atoms with E-state index in [-0.39, 0.29) is 12.1 Å². The molecule has 2 rings (SSSR count). The molecule has 4 heteroatoms. The molecule has 0 bridgehead atoms. The van der Waals surface area contributed by atoms with Crippen molar-refractivity contribution >= 4 is 17.4 Å². The van der Waals surface area contributed by atoms with Gasteiger partial charge < -0.3 is 16.4 Å². The second-order valence-corrected chi connectivity index (χ2v) is 4.80. The number of aryl methyl sites for hydroxylation is 1. The molecule has 2 amide bonds. The number of hydrogen-bond donors (Lipinski definition) is 3. The van der Waals surface area contributed by atoms with E-state index < -0.39 is 0 Å². The zero-order valence-electron chi connectivity index (χ0n) is 11.7. The lowest BCUT2D eigenvalue weighted by atomic mass is 10.1. The van der Waals surface area contributed by atoms with Gasteiger partial charge in [-0.05, 0) is 43.2 Å². The van der Waals surface area contributed by atoms with Gasteiger partial charge in [-0.1, -0.05) is 30.3 Å². The second kappa shape index (κ2) is 6.21. The summed E-state index contributed by atoms with van der Waals surface area (Å²) < 4.78 is 0. The highest BCUT2D eigenvalue weighted by molar-refractivity contribution is 6.00. The van der Waals surface area contributed by atoms with E-state index in [0.717, 1.165) is 22.5 Å². The van der Waals surface area contributed by atoms with Gasteiger partial charge in [0.1, 0.15) is 0 Å². The predicted molar refractivity (Wildman–Crippen MR) is 82.9 cm³/mol. The summed E-state index contributed by atoms with van der Waals surface area (Å²) in [7, 11) is 0. The topological polar surface area (TPSA) is 67.2 Å². The lowest BCUT2D eigenvalue weighted by molar-refractivity contribution is 0.262. The summed E-state index contributed by atoms with van der Waals surface area (Å²) in [5.74, 6) is 0. The summed E-state index contributed by atoms with van der Waals surface area (Å²) in [6.45, 7) is 3.88. The molecule has 104 valence electrons. The van der Waals surface area contributed by atoms with Gasteiger partial charge >= 0.3 is 6.03 Å². The molecule has 4 N–H and O–H groups in total. The van der Waals surface area contributed by atoms with Crippen molar-refractivity contribution < 1.29 is 4.79 Å². The Labute approximate surface area is 119 Å². The minimum absolute atomic E-state index is 0.00940. The van der Waals surface area contributed by atoms with E-state index in [1.165, 1.54) is 0 Å². The van der Waals surface area contributed by atoms with Crippen LogP contribution in [0.5, 0.6) is 0 Å². The molecule has 0 aromatic heterocycles. The maximum absolute atomic E-state index is 11.9. The summed E-state index contributed by atoms with van der Waals surface area (Å²) in [6, 6.07) is 14.9. The molecular weight excluding hydrogens is 250 g/mol. The Balaban J connectivity index is 1.99. The third kappa shape index (κ3) is 3.59. The number of carbonyl (C=O) groups excluding carboxylic acids is 1. The van der Waals surface area contributed by atoms with Crippen LogP contribution in [0.1, 0.15) is 24.1 Å². The Morgan fingerprint density at radius 1 is 1.05 bits per heavy atom. The molecule has 0 spiro atoms. The Morgan fingerprint density at radius 3 is 2.30 bits per heavy atom. The zero-order chi connectivity index (χ0) is 14.5. The molecule has 0 aliphatic rings. The van der Waals surface area contributed by atoms with Crippen LogP contribution in [0.15, 0.2) is 48.5 Å². The van der Waals surface area contributed by atoms with Gasteiger partial charge in [0.25, 0.3) is 0 Å². The van der Waals surface area contributed by atoms with Crippen molar-refractivity contribution in [2.24, 2.45) is 5.73 Å². The molecule has 2 aromatic carbocycles. The second-order valence-electron chi connectivity index (χ2n) is 4.80. The molecule has 0 saturated heterocycles. The van der Waals surface area contributed by atoms with E-state index in [9.17, 15) is 4.79 Å². The number of hydrogen-bond acceptors (Lipinski definition) is 2.